The molecule has 2 N–H and O–H groups in total. The van der Waals surface area contributed by atoms with Gasteiger partial charge in [-0.15, -0.1) is 0 Å². The number of hydrogen-bond acceptors (Lipinski definition) is 3. The molecule has 1 aromatic rings. The van der Waals surface area contributed by atoms with Crippen molar-refractivity contribution in [3.63, 3.8) is 0 Å². The summed E-state index contributed by atoms with van der Waals surface area (Å²) in [5.41, 5.74) is 0.888. The highest BCUT2D eigenvalue weighted by molar-refractivity contribution is 6.32. The summed E-state index contributed by atoms with van der Waals surface area (Å²) in [6.07, 6.45) is 0. The van der Waals surface area contributed by atoms with E-state index in [9.17, 15) is 9.59 Å². The number of nitrogens with one attached hydrogen (secondary N) is 2. The Labute approximate surface area is 141 Å². The number of anilines is 1. The second kappa shape index (κ2) is 9.13. The molecule has 7 heteroatoms. The van der Waals surface area contributed by atoms with E-state index in [1.165, 1.54) is 6.07 Å². The maximum atomic E-state index is 12.0. The lowest BCUT2D eigenvalue weighted by Crippen LogP contribution is -3.11. The van der Waals surface area contributed by atoms with Crippen LogP contribution < -0.4 is 10.2 Å². The van der Waals surface area contributed by atoms with Crippen LogP contribution >= 0.6 is 11.6 Å². The topological polar surface area (TPSA) is 77.6 Å². The fourth-order valence-corrected chi connectivity index (χ4v) is 2.39. The summed E-state index contributed by atoms with van der Waals surface area (Å²) in [7, 11) is 1.80. The SMILES string of the molecule is CCN(CC)C(=O)C[NH+](C)CC(=O)Nc1ccc(C#N)c(Cl)c1. The Morgan fingerprint density at radius 1 is 1.30 bits per heavy atom. The van der Waals surface area contributed by atoms with Crippen LogP contribution in [0.1, 0.15) is 19.4 Å². The smallest absolute Gasteiger partial charge is 0.279 e. The Bertz CT molecular complexity index is 609. The second-order valence-corrected chi connectivity index (χ2v) is 5.64. The molecular formula is C16H22ClN4O2+. The molecule has 1 aromatic carbocycles. The van der Waals surface area contributed by atoms with Crippen LogP contribution in [0.2, 0.25) is 5.02 Å². The summed E-state index contributed by atoms with van der Waals surface area (Å²) in [4.78, 5) is 26.6. The molecule has 1 rings (SSSR count). The van der Waals surface area contributed by atoms with Gasteiger partial charge in [0.15, 0.2) is 13.1 Å². The number of hydrogen-bond donors (Lipinski definition) is 2. The van der Waals surface area contributed by atoms with Crippen molar-refractivity contribution in [1.29, 1.82) is 5.26 Å². The minimum Gasteiger partial charge on any atom is -0.338 e. The van der Waals surface area contributed by atoms with E-state index in [1.54, 1.807) is 24.1 Å². The molecule has 0 aliphatic rings. The first-order valence-corrected chi connectivity index (χ1v) is 7.87. The molecule has 124 valence electrons. The van der Waals surface area contributed by atoms with E-state index in [-0.39, 0.29) is 24.9 Å². The Morgan fingerprint density at radius 3 is 2.48 bits per heavy atom. The zero-order valence-electron chi connectivity index (χ0n) is 13.6. The van der Waals surface area contributed by atoms with Gasteiger partial charge in [-0.3, -0.25) is 9.59 Å². The highest BCUT2D eigenvalue weighted by atomic mass is 35.5. The van der Waals surface area contributed by atoms with Gasteiger partial charge >= 0.3 is 0 Å². The van der Waals surface area contributed by atoms with Gasteiger partial charge in [0, 0.05) is 18.8 Å². The largest absolute Gasteiger partial charge is 0.338 e. The van der Waals surface area contributed by atoms with Crippen molar-refractivity contribution in [2.24, 2.45) is 0 Å². The first-order valence-electron chi connectivity index (χ1n) is 7.49. The molecular weight excluding hydrogens is 316 g/mol. The zero-order chi connectivity index (χ0) is 17.4. The highest BCUT2D eigenvalue weighted by Crippen LogP contribution is 2.19. The van der Waals surface area contributed by atoms with E-state index in [1.807, 2.05) is 19.9 Å². The average molecular weight is 338 g/mol. The van der Waals surface area contributed by atoms with Crippen molar-refractivity contribution in [2.45, 2.75) is 13.8 Å². The molecule has 23 heavy (non-hydrogen) atoms. The fraction of sp³-hybridized carbons (Fsp3) is 0.438. The third kappa shape index (κ3) is 5.89. The molecule has 6 nitrogen and oxygen atoms in total. The van der Waals surface area contributed by atoms with E-state index in [0.29, 0.717) is 29.4 Å². The Hall–Kier alpha value is -2.10. The first kappa shape index (κ1) is 18.9. The number of benzene rings is 1. The van der Waals surface area contributed by atoms with Gasteiger partial charge in [-0.2, -0.15) is 5.26 Å². The number of rotatable bonds is 7. The molecule has 1 unspecified atom stereocenters. The van der Waals surface area contributed by atoms with Gasteiger partial charge < -0.3 is 15.1 Å². The van der Waals surface area contributed by atoms with Crippen LogP contribution in [0.5, 0.6) is 0 Å². The van der Waals surface area contributed by atoms with Crippen molar-refractivity contribution in [3.8, 4) is 6.07 Å². The monoisotopic (exact) mass is 337 g/mol. The number of quaternary nitrogens is 1. The molecule has 0 fully saturated rings. The van der Waals surface area contributed by atoms with E-state index >= 15 is 0 Å². The summed E-state index contributed by atoms with van der Waals surface area (Å²) < 4.78 is 0. The van der Waals surface area contributed by atoms with Gasteiger partial charge in [0.2, 0.25) is 0 Å². The van der Waals surface area contributed by atoms with Crippen molar-refractivity contribution in [2.75, 3.05) is 38.5 Å². The van der Waals surface area contributed by atoms with Gasteiger partial charge in [0.25, 0.3) is 11.8 Å². The molecule has 0 saturated heterocycles. The lowest BCUT2D eigenvalue weighted by molar-refractivity contribution is -0.862. The summed E-state index contributed by atoms with van der Waals surface area (Å²) >= 11 is 5.93. The fourth-order valence-electron chi connectivity index (χ4n) is 2.17. The van der Waals surface area contributed by atoms with Crippen LogP contribution in [0, 0.1) is 11.3 Å². The van der Waals surface area contributed by atoms with Crippen LogP contribution in [0.3, 0.4) is 0 Å². The normalized spacial score (nSPS) is 11.4. The van der Waals surface area contributed by atoms with Gasteiger partial charge in [-0.1, -0.05) is 11.6 Å². The molecule has 2 amide bonds. The van der Waals surface area contributed by atoms with E-state index < -0.39 is 0 Å². The van der Waals surface area contributed by atoms with Crippen LogP contribution in [0.25, 0.3) is 0 Å². The Balaban J connectivity index is 2.55. The molecule has 0 aliphatic heterocycles. The minimum atomic E-state index is -0.212. The average Bonchev–Trinajstić information content (AvgIpc) is 2.48. The molecule has 0 heterocycles. The molecule has 0 aliphatic carbocycles. The molecule has 0 spiro atoms. The van der Waals surface area contributed by atoms with Crippen molar-refractivity contribution in [3.05, 3.63) is 28.8 Å². The second-order valence-electron chi connectivity index (χ2n) is 5.23. The number of carbonyl (C=O) groups excluding carboxylic acids is 2. The van der Waals surface area contributed by atoms with Crippen LogP contribution in [-0.2, 0) is 9.59 Å². The van der Waals surface area contributed by atoms with E-state index in [4.69, 9.17) is 16.9 Å². The molecule has 0 saturated carbocycles. The quantitative estimate of drug-likeness (QED) is 0.762. The number of nitriles is 1. The van der Waals surface area contributed by atoms with Crippen molar-refractivity contribution >= 4 is 29.1 Å². The summed E-state index contributed by atoms with van der Waals surface area (Å²) in [5.74, 6) is -0.183. The van der Waals surface area contributed by atoms with Crippen LogP contribution in [0.15, 0.2) is 18.2 Å². The Morgan fingerprint density at radius 2 is 1.96 bits per heavy atom. The van der Waals surface area contributed by atoms with Gasteiger partial charge in [0.05, 0.1) is 17.6 Å². The van der Waals surface area contributed by atoms with Gasteiger partial charge in [-0.25, -0.2) is 0 Å². The molecule has 0 bridgehead atoms. The highest BCUT2D eigenvalue weighted by Gasteiger charge is 2.17. The van der Waals surface area contributed by atoms with E-state index in [2.05, 4.69) is 5.32 Å². The summed E-state index contributed by atoms with van der Waals surface area (Å²) in [6.45, 7) is 5.63. The third-order valence-electron chi connectivity index (χ3n) is 3.40. The number of nitrogens with zero attached hydrogens (tertiary/aromatic N) is 2. The molecule has 0 radical (unpaired) electrons. The lowest BCUT2D eigenvalue weighted by Gasteiger charge is -2.20. The lowest BCUT2D eigenvalue weighted by atomic mass is 10.2. The zero-order valence-corrected chi connectivity index (χ0v) is 14.4. The molecule has 1 atom stereocenters. The standard InChI is InChI=1S/C16H21ClN4O2/c1-4-21(5-2)16(23)11-20(3)10-15(22)19-13-7-6-12(9-18)14(17)8-13/h6-8H,4-5,10-11H2,1-3H3,(H,19,22)/p+1. The van der Waals surface area contributed by atoms with Crippen LogP contribution in [0.4, 0.5) is 5.69 Å². The van der Waals surface area contributed by atoms with Gasteiger partial charge in [-0.05, 0) is 32.0 Å². The first-order chi connectivity index (χ1) is 10.9. The third-order valence-corrected chi connectivity index (χ3v) is 3.72. The maximum absolute atomic E-state index is 12.0. The maximum Gasteiger partial charge on any atom is 0.279 e. The number of carbonyl (C=O) groups is 2. The number of halogens is 1. The molecule has 0 aromatic heterocycles. The number of amides is 2. The van der Waals surface area contributed by atoms with Crippen LogP contribution in [-0.4, -0.2) is 49.9 Å². The summed E-state index contributed by atoms with van der Waals surface area (Å²) in [5, 5.41) is 11.8. The van der Waals surface area contributed by atoms with E-state index in [0.717, 1.165) is 4.90 Å². The summed E-state index contributed by atoms with van der Waals surface area (Å²) in [6, 6.07) is 6.67. The van der Waals surface area contributed by atoms with Gasteiger partial charge in [0.1, 0.15) is 6.07 Å². The minimum absolute atomic E-state index is 0.0294. The number of likely N-dealkylation sites (N-methyl/N-ethyl adjacent to an activating group) is 2. The Kier molecular flexibility index (Phi) is 7.52. The predicted molar refractivity (Wildman–Crippen MR) is 89.3 cm³/mol. The predicted octanol–water partition coefficient (Wildman–Crippen LogP) is 0.533. The van der Waals surface area contributed by atoms with Crippen molar-refractivity contribution < 1.29 is 14.5 Å². The van der Waals surface area contributed by atoms with Crippen molar-refractivity contribution in [1.82, 2.24) is 4.90 Å².